The number of thioether (sulfide) groups is 1. The number of rotatable bonds is 8. The molecule has 1 aliphatic heterocycles. The van der Waals surface area contributed by atoms with Crippen LogP contribution in [0.5, 0.6) is 5.75 Å². The van der Waals surface area contributed by atoms with Crippen LogP contribution >= 0.6 is 24.0 Å². The Morgan fingerprint density at radius 3 is 2.58 bits per heavy atom. The van der Waals surface area contributed by atoms with E-state index in [-0.39, 0.29) is 6.04 Å². The molecule has 1 atom stereocenters. The van der Waals surface area contributed by atoms with Gasteiger partial charge in [0.05, 0.1) is 18.2 Å². The second-order valence-corrected chi connectivity index (χ2v) is 8.70. The SMILES string of the molecule is C=CCN1C(=S)NC(c2ccc(SC)cc2)C(c2nc(-c3ccc(OCC)cc3)no2)=C1C. The van der Waals surface area contributed by atoms with Crippen LogP contribution in [0.3, 0.4) is 0 Å². The fourth-order valence-electron chi connectivity index (χ4n) is 3.77. The van der Waals surface area contributed by atoms with Gasteiger partial charge in [-0.15, -0.1) is 18.3 Å². The molecule has 0 saturated carbocycles. The van der Waals surface area contributed by atoms with Gasteiger partial charge < -0.3 is 19.5 Å². The van der Waals surface area contributed by atoms with Gasteiger partial charge in [0.1, 0.15) is 5.75 Å². The van der Waals surface area contributed by atoms with Crippen LogP contribution in [0.2, 0.25) is 0 Å². The Morgan fingerprint density at radius 2 is 1.94 bits per heavy atom. The Bertz CT molecular complexity index is 1170. The zero-order valence-corrected chi connectivity index (χ0v) is 20.5. The van der Waals surface area contributed by atoms with E-state index >= 15 is 0 Å². The molecule has 1 N–H and O–H groups in total. The summed E-state index contributed by atoms with van der Waals surface area (Å²) < 4.78 is 11.3. The first kappa shape index (κ1) is 23.1. The van der Waals surface area contributed by atoms with Crippen molar-refractivity contribution in [2.24, 2.45) is 0 Å². The minimum absolute atomic E-state index is 0.205. The van der Waals surface area contributed by atoms with Crippen molar-refractivity contribution in [2.75, 3.05) is 19.4 Å². The Kier molecular flexibility index (Phi) is 7.15. The largest absolute Gasteiger partial charge is 0.494 e. The highest BCUT2D eigenvalue weighted by molar-refractivity contribution is 7.98. The summed E-state index contributed by atoms with van der Waals surface area (Å²) in [5.74, 6) is 1.79. The molecule has 0 bridgehead atoms. The van der Waals surface area contributed by atoms with E-state index in [0.29, 0.717) is 30.0 Å². The number of thiocarbonyl (C=S) groups is 1. The van der Waals surface area contributed by atoms with Crippen LogP contribution in [-0.4, -0.2) is 39.6 Å². The van der Waals surface area contributed by atoms with Crippen LogP contribution in [0, 0.1) is 0 Å². The van der Waals surface area contributed by atoms with Gasteiger partial charge in [-0.05, 0) is 74.3 Å². The number of nitrogens with zero attached hydrogens (tertiary/aromatic N) is 3. The lowest BCUT2D eigenvalue weighted by atomic mass is 9.95. The molecule has 2 aromatic carbocycles. The van der Waals surface area contributed by atoms with Gasteiger partial charge in [-0.3, -0.25) is 0 Å². The summed E-state index contributed by atoms with van der Waals surface area (Å²) in [5, 5.41) is 8.35. The highest BCUT2D eigenvalue weighted by Gasteiger charge is 2.33. The van der Waals surface area contributed by atoms with Crippen molar-refractivity contribution in [3.8, 4) is 17.1 Å². The first-order valence-electron chi connectivity index (χ1n) is 10.7. The van der Waals surface area contributed by atoms with E-state index in [1.165, 1.54) is 4.90 Å². The van der Waals surface area contributed by atoms with E-state index in [0.717, 1.165) is 28.1 Å². The van der Waals surface area contributed by atoms with Crippen molar-refractivity contribution in [1.82, 2.24) is 20.4 Å². The highest BCUT2D eigenvalue weighted by Crippen LogP contribution is 2.37. The molecule has 0 aliphatic carbocycles. The van der Waals surface area contributed by atoms with Crippen molar-refractivity contribution >= 4 is 34.7 Å². The molecule has 4 rings (SSSR count). The minimum atomic E-state index is -0.205. The third-order valence-electron chi connectivity index (χ3n) is 5.44. The normalized spacial score (nSPS) is 16.0. The van der Waals surface area contributed by atoms with Gasteiger partial charge in [0.2, 0.25) is 5.82 Å². The van der Waals surface area contributed by atoms with Gasteiger partial charge in [0.25, 0.3) is 5.89 Å². The first-order valence-corrected chi connectivity index (χ1v) is 12.3. The summed E-state index contributed by atoms with van der Waals surface area (Å²) in [5.41, 5.74) is 3.78. The molecule has 1 unspecified atom stereocenters. The van der Waals surface area contributed by atoms with E-state index in [1.807, 2.05) is 49.1 Å². The van der Waals surface area contributed by atoms with E-state index in [2.05, 4.69) is 47.6 Å². The van der Waals surface area contributed by atoms with Crippen LogP contribution in [0.15, 0.2) is 76.3 Å². The van der Waals surface area contributed by atoms with Gasteiger partial charge in [-0.25, -0.2) is 0 Å². The first-order chi connectivity index (χ1) is 16.0. The van der Waals surface area contributed by atoms with Crippen molar-refractivity contribution in [2.45, 2.75) is 24.8 Å². The summed E-state index contributed by atoms with van der Waals surface area (Å²) in [6.45, 7) is 9.05. The molecule has 0 fully saturated rings. The predicted molar refractivity (Wildman–Crippen MR) is 137 cm³/mol. The summed E-state index contributed by atoms with van der Waals surface area (Å²) >= 11 is 7.37. The zero-order valence-electron chi connectivity index (χ0n) is 18.9. The fraction of sp³-hybridized carbons (Fsp3) is 0.240. The number of benzene rings is 2. The fourth-order valence-corrected chi connectivity index (χ4v) is 4.51. The summed E-state index contributed by atoms with van der Waals surface area (Å²) in [6, 6.07) is 15.9. The Morgan fingerprint density at radius 1 is 1.21 bits per heavy atom. The molecule has 170 valence electrons. The van der Waals surface area contributed by atoms with Crippen molar-refractivity contribution < 1.29 is 9.26 Å². The second-order valence-electron chi connectivity index (χ2n) is 7.43. The molecule has 0 spiro atoms. The number of ether oxygens (including phenoxy) is 1. The average molecular weight is 479 g/mol. The quantitative estimate of drug-likeness (QED) is 0.251. The second kappa shape index (κ2) is 10.2. The van der Waals surface area contributed by atoms with Gasteiger partial charge in [0, 0.05) is 22.7 Å². The number of hydrogen-bond donors (Lipinski definition) is 1. The molecule has 0 amide bonds. The van der Waals surface area contributed by atoms with E-state index in [9.17, 15) is 0 Å². The van der Waals surface area contributed by atoms with Crippen LogP contribution in [0.4, 0.5) is 0 Å². The molecule has 3 aromatic rings. The lowest BCUT2D eigenvalue weighted by molar-refractivity contribution is 0.340. The Balaban J connectivity index is 1.75. The zero-order chi connectivity index (χ0) is 23.4. The van der Waals surface area contributed by atoms with Gasteiger partial charge >= 0.3 is 0 Å². The Labute approximate surface area is 203 Å². The lowest BCUT2D eigenvalue weighted by Gasteiger charge is -2.36. The highest BCUT2D eigenvalue weighted by atomic mass is 32.2. The molecule has 0 radical (unpaired) electrons. The van der Waals surface area contributed by atoms with E-state index < -0.39 is 0 Å². The number of aromatic nitrogens is 2. The van der Waals surface area contributed by atoms with E-state index in [4.69, 9.17) is 26.5 Å². The molecular formula is C25H26N4O2S2. The molecule has 6 nitrogen and oxygen atoms in total. The lowest BCUT2D eigenvalue weighted by Crippen LogP contribution is -2.45. The average Bonchev–Trinajstić information content (AvgIpc) is 3.32. The standard InChI is InChI=1S/C25H26N4O2S2/c1-5-15-29-16(3)21(22(26-25(29)32)17-9-13-20(33-4)14-10-17)24-27-23(28-31-24)18-7-11-19(12-8-18)30-6-2/h5,7-14,22H,1,6,15H2,2-4H3,(H,26,32). The van der Waals surface area contributed by atoms with Crippen LogP contribution in [-0.2, 0) is 0 Å². The number of nitrogens with one attached hydrogen (secondary N) is 1. The molecular weight excluding hydrogens is 452 g/mol. The Hall–Kier alpha value is -3.10. The third kappa shape index (κ3) is 4.82. The monoisotopic (exact) mass is 478 g/mol. The van der Waals surface area contributed by atoms with Crippen LogP contribution in [0.1, 0.15) is 31.3 Å². The maximum atomic E-state index is 5.77. The topological polar surface area (TPSA) is 63.4 Å². The van der Waals surface area contributed by atoms with Crippen molar-refractivity contribution in [1.29, 1.82) is 0 Å². The molecule has 8 heteroatoms. The summed E-state index contributed by atoms with van der Waals surface area (Å²) in [4.78, 5) is 7.93. The number of allylic oxidation sites excluding steroid dienone is 1. The summed E-state index contributed by atoms with van der Waals surface area (Å²) in [7, 11) is 0. The van der Waals surface area contributed by atoms with E-state index in [1.54, 1.807) is 11.8 Å². The maximum Gasteiger partial charge on any atom is 0.258 e. The maximum absolute atomic E-state index is 5.77. The molecule has 2 heterocycles. The minimum Gasteiger partial charge on any atom is -0.494 e. The smallest absolute Gasteiger partial charge is 0.258 e. The predicted octanol–water partition coefficient (Wildman–Crippen LogP) is 5.71. The molecule has 0 saturated heterocycles. The van der Waals surface area contributed by atoms with Crippen LogP contribution in [0.25, 0.3) is 17.0 Å². The van der Waals surface area contributed by atoms with Gasteiger partial charge in [-0.2, -0.15) is 4.98 Å². The third-order valence-corrected chi connectivity index (χ3v) is 6.52. The van der Waals surface area contributed by atoms with Gasteiger partial charge in [-0.1, -0.05) is 23.4 Å². The molecule has 33 heavy (non-hydrogen) atoms. The van der Waals surface area contributed by atoms with Gasteiger partial charge in [0.15, 0.2) is 5.11 Å². The molecule has 1 aliphatic rings. The van der Waals surface area contributed by atoms with Crippen molar-refractivity contribution in [3.05, 3.63) is 78.3 Å². The van der Waals surface area contributed by atoms with Crippen LogP contribution < -0.4 is 10.1 Å². The number of hydrogen-bond acceptors (Lipinski definition) is 6. The summed E-state index contributed by atoms with van der Waals surface area (Å²) in [6.07, 6.45) is 3.88. The van der Waals surface area contributed by atoms with Crippen molar-refractivity contribution in [3.63, 3.8) is 0 Å². The molecule has 1 aromatic heterocycles.